The standard InChI is InChI=1S/C12H24N2O3/c1-10(2)17-8-5-13-9-12(15)14-11-3-6-16-7-4-11/h10-11,13H,3-9H2,1-2H3,(H,14,15). The van der Waals surface area contributed by atoms with Crippen molar-refractivity contribution >= 4 is 5.91 Å². The van der Waals surface area contributed by atoms with Gasteiger partial charge >= 0.3 is 0 Å². The third-order valence-corrected chi connectivity index (χ3v) is 2.60. The minimum absolute atomic E-state index is 0.0569. The predicted molar refractivity (Wildman–Crippen MR) is 65.9 cm³/mol. The number of hydrogen-bond donors (Lipinski definition) is 2. The van der Waals surface area contributed by atoms with Gasteiger partial charge in [-0.05, 0) is 26.7 Å². The van der Waals surface area contributed by atoms with Gasteiger partial charge in [0, 0.05) is 25.8 Å². The Hall–Kier alpha value is -0.650. The Morgan fingerprint density at radius 2 is 2.12 bits per heavy atom. The van der Waals surface area contributed by atoms with Crippen molar-refractivity contribution in [3.63, 3.8) is 0 Å². The van der Waals surface area contributed by atoms with Crippen molar-refractivity contribution in [2.75, 3.05) is 32.9 Å². The largest absolute Gasteiger partial charge is 0.381 e. The maximum atomic E-state index is 11.6. The molecule has 0 aliphatic carbocycles. The molecule has 0 bridgehead atoms. The first-order valence-corrected chi connectivity index (χ1v) is 6.38. The van der Waals surface area contributed by atoms with Crippen molar-refractivity contribution < 1.29 is 14.3 Å². The number of nitrogens with one attached hydrogen (secondary N) is 2. The Morgan fingerprint density at radius 1 is 1.41 bits per heavy atom. The normalized spacial score (nSPS) is 17.4. The van der Waals surface area contributed by atoms with Crippen molar-refractivity contribution in [1.82, 2.24) is 10.6 Å². The van der Waals surface area contributed by atoms with Crippen molar-refractivity contribution in [1.29, 1.82) is 0 Å². The smallest absolute Gasteiger partial charge is 0.234 e. The van der Waals surface area contributed by atoms with E-state index in [1.807, 2.05) is 13.8 Å². The van der Waals surface area contributed by atoms with Gasteiger partial charge in [-0.2, -0.15) is 0 Å². The molecule has 1 amide bonds. The zero-order valence-electron chi connectivity index (χ0n) is 10.8. The Labute approximate surface area is 103 Å². The van der Waals surface area contributed by atoms with Crippen LogP contribution in [0.25, 0.3) is 0 Å². The third kappa shape index (κ3) is 7.31. The van der Waals surface area contributed by atoms with Crippen LogP contribution in [0.5, 0.6) is 0 Å². The summed E-state index contributed by atoms with van der Waals surface area (Å²) < 4.78 is 10.6. The van der Waals surface area contributed by atoms with Gasteiger partial charge in [-0.1, -0.05) is 0 Å². The topological polar surface area (TPSA) is 59.6 Å². The molecule has 1 saturated heterocycles. The molecule has 1 aliphatic rings. The Balaban J connectivity index is 1.97. The third-order valence-electron chi connectivity index (χ3n) is 2.60. The summed E-state index contributed by atoms with van der Waals surface area (Å²) in [5.41, 5.74) is 0. The Kier molecular flexibility index (Phi) is 7.16. The summed E-state index contributed by atoms with van der Waals surface area (Å²) in [7, 11) is 0. The lowest BCUT2D eigenvalue weighted by Gasteiger charge is -2.23. The zero-order chi connectivity index (χ0) is 12.5. The van der Waals surface area contributed by atoms with Gasteiger partial charge in [0.15, 0.2) is 0 Å². The predicted octanol–water partition coefficient (Wildman–Crippen LogP) is 0.296. The van der Waals surface area contributed by atoms with Crippen molar-refractivity contribution in [3.8, 4) is 0 Å². The minimum atomic E-state index is 0.0569. The van der Waals surface area contributed by atoms with Gasteiger partial charge in [0.2, 0.25) is 5.91 Å². The molecule has 0 aromatic heterocycles. The average Bonchev–Trinajstić information content (AvgIpc) is 2.29. The lowest BCUT2D eigenvalue weighted by Crippen LogP contribution is -2.43. The molecule has 17 heavy (non-hydrogen) atoms. The maximum Gasteiger partial charge on any atom is 0.234 e. The fraction of sp³-hybridized carbons (Fsp3) is 0.917. The SMILES string of the molecule is CC(C)OCCNCC(=O)NC1CCOCC1. The molecule has 0 atom stereocenters. The van der Waals surface area contributed by atoms with Gasteiger partial charge in [0.05, 0.1) is 19.3 Å². The molecule has 0 saturated carbocycles. The first kappa shape index (κ1) is 14.4. The molecule has 5 nitrogen and oxygen atoms in total. The number of hydrogen-bond acceptors (Lipinski definition) is 4. The first-order valence-electron chi connectivity index (χ1n) is 6.38. The molecule has 1 heterocycles. The van der Waals surface area contributed by atoms with Crippen LogP contribution in [-0.4, -0.2) is 51.0 Å². The van der Waals surface area contributed by atoms with Crippen LogP contribution in [0.1, 0.15) is 26.7 Å². The van der Waals surface area contributed by atoms with Crippen LogP contribution in [0.3, 0.4) is 0 Å². The van der Waals surface area contributed by atoms with Crippen LogP contribution in [0.15, 0.2) is 0 Å². The van der Waals surface area contributed by atoms with Gasteiger partial charge < -0.3 is 20.1 Å². The molecule has 0 aromatic carbocycles. The molecule has 1 rings (SSSR count). The van der Waals surface area contributed by atoms with E-state index in [0.29, 0.717) is 19.7 Å². The van der Waals surface area contributed by atoms with Crippen LogP contribution >= 0.6 is 0 Å². The van der Waals surface area contributed by atoms with E-state index in [4.69, 9.17) is 9.47 Å². The van der Waals surface area contributed by atoms with Crippen LogP contribution in [0, 0.1) is 0 Å². The molecule has 0 spiro atoms. The first-order chi connectivity index (χ1) is 8.18. The Morgan fingerprint density at radius 3 is 2.76 bits per heavy atom. The number of carbonyl (C=O) groups is 1. The molecule has 1 aliphatic heterocycles. The summed E-state index contributed by atoms with van der Waals surface area (Å²) in [6, 6.07) is 0.282. The van der Waals surface area contributed by atoms with Crippen LogP contribution in [-0.2, 0) is 14.3 Å². The Bertz CT molecular complexity index is 216. The zero-order valence-corrected chi connectivity index (χ0v) is 10.8. The fourth-order valence-corrected chi connectivity index (χ4v) is 1.69. The lowest BCUT2D eigenvalue weighted by molar-refractivity contribution is -0.121. The lowest BCUT2D eigenvalue weighted by atomic mass is 10.1. The molecule has 1 fully saturated rings. The molecular weight excluding hydrogens is 220 g/mol. The second-order valence-corrected chi connectivity index (χ2v) is 4.55. The number of carbonyl (C=O) groups excluding carboxylic acids is 1. The van der Waals surface area contributed by atoms with E-state index in [-0.39, 0.29) is 18.1 Å². The summed E-state index contributed by atoms with van der Waals surface area (Å²) in [6.45, 7) is 7.21. The summed E-state index contributed by atoms with van der Waals surface area (Å²) in [5, 5.41) is 6.06. The van der Waals surface area contributed by atoms with Gasteiger partial charge in [-0.25, -0.2) is 0 Å². The van der Waals surface area contributed by atoms with Crippen LogP contribution in [0.4, 0.5) is 0 Å². The summed E-state index contributed by atoms with van der Waals surface area (Å²) in [5.74, 6) is 0.0569. The van der Waals surface area contributed by atoms with E-state index >= 15 is 0 Å². The molecule has 5 heteroatoms. The summed E-state index contributed by atoms with van der Waals surface area (Å²) >= 11 is 0. The van der Waals surface area contributed by atoms with E-state index in [9.17, 15) is 4.79 Å². The highest BCUT2D eigenvalue weighted by atomic mass is 16.5. The summed E-state index contributed by atoms with van der Waals surface area (Å²) in [6.07, 6.45) is 2.08. The van der Waals surface area contributed by atoms with E-state index in [0.717, 1.165) is 26.1 Å². The second kappa shape index (κ2) is 8.44. The second-order valence-electron chi connectivity index (χ2n) is 4.55. The minimum Gasteiger partial charge on any atom is -0.381 e. The van der Waals surface area contributed by atoms with Gasteiger partial charge in [0.25, 0.3) is 0 Å². The molecule has 0 aromatic rings. The number of amides is 1. The highest BCUT2D eigenvalue weighted by molar-refractivity contribution is 5.78. The highest BCUT2D eigenvalue weighted by Gasteiger charge is 2.15. The molecule has 100 valence electrons. The molecule has 2 N–H and O–H groups in total. The van der Waals surface area contributed by atoms with Crippen molar-refractivity contribution in [2.45, 2.75) is 38.8 Å². The van der Waals surface area contributed by atoms with E-state index in [2.05, 4.69) is 10.6 Å². The molecule has 0 radical (unpaired) electrons. The maximum absolute atomic E-state index is 11.6. The van der Waals surface area contributed by atoms with Crippen LogP contribution < -0.4 is 10.6 Å². The molecule has 0 unspecified atom stereocenters. The highest BCUT2D eigenvalue weighted by Crippen LogP contribution is 2.05. The van der Waals surface area contributed by atoms with Crippen molar-refractivity contribution in [3.05, 3.63) is 0 Å². The van der Waals surface area contributed by atoms with Crippen molar-refractivity contribution in [2.24, 2.45) is 0 Å². The van der Waals surface area contributed by atoms with E-state index in [1.54, 1.807) is 0 Å². The van der Waals surface area contributed by atoms with Gasteiger partial charge in [-0.3, -0.25) is 4.79 Å². The van der Waals surface area contributed by atoms with Gasteiger partial charge in [-0.15, -0.1) is 0 Å². The molecular formula is C12H24N2O3. The summed E-state index contributed by atoms with van der Waals surface area (Å²) in [4.78, 5) is 11.6. The number of rotatable bonds is 7. The van der Waals surface area contributed by atoms with Crippen LogP contribution in [0.2, 0.25) is 0 Å². The van der Waals surface area contributed by atoms with E-state index in [1.165, 1.54) is 0 Å². The monoisotopic (exact) mass is 244 g/mol. The quantitative estimate of drug-likeness (QED) is 0.632. The average molecular weight is 244 g/mol. The number of ether oxygens (including phenoxy) is 2. The van der Waals surface area contributed by atoms with Gasteiger partial charge in [0.1, 0.15) is 0 Å². The fourth-order valence-electron chi connectivity index (χ4n) is 1.69. The van der Waals surface area contributed by atoms with E-state index < -0.39 is 0 Å².